The number of oxazole rings is 1. The molecule has 0 amide bonds. The Morgan fingerprint density at radius 3 is 2.57 bits per heavy atom. The zero-order valence-corrected chi connectivity index (χ0v) is 21.5. The number of rotatable bonds is 11. The van der Waals surface area contributed by atoms with Crippen molar-refractivity contribution in [1.82, 2.24) is 10.3 Å². The summed E-state index contributed by atoms with van der Waals surface area (Å²) in [5.41, 5.74) is 7.29. The molecule has 0 bridgehead atoms. The number of halogens is 3. The molecule has 0 aliphatic heterocycles. The fourth-order valence-corrected chi connectivity index (χ4v) is 4.21. The van der Waals surface area contributed by atoms with Crippen molar-refractivity contribution in [3.05, 3.63) is 80.8 Å². The minimum Gasteiger partial charge on any atom is -0.455 e. The van der Waals surface area contributed by atoms with E-state index in [0.717, 1.165) is 39.9 Å². The Bertz CT molecular complexity index is 1270. The summed E-state index contributed by atoms with van der Waals surface area (Å²) in [6, 6.07) is 9.61. The number of aromatic nitrogens is 1. The molecule has 2 atom stereocenters. The zero-order chi connectivity index (χ0) is 25.6. The Hall–Kier alpha value is -2.62. The van der Waals surface area contributed by atoms with Crippen LogP contribution in [0.15, 0.2) is 53.1 Å². The molecule has 0 saturated heterocycles. The largest absolute Gasteiger partial charge is 0.455 e. The average Bonchev–Trinajstić information content (AvgIpc) is 3.19. The quantitative estimate of drug-likeness (QED) is 0.220. The summed E-state index contributed by atoms with van der Waals surface area (Å²) in [5, 5.41) is 3.17. The number of carbonyl (C=O) groups excluding carboxylic acids is 1. The lowest BCUT2D eigenvalue weighted by Gasteiger charge is -2.24. The Morgan fingerprint density at radius 1 is 1.20 bits per heavy atom. The van der Waals surface area contributed by atoms with Crippen LogP contribution in [0.5, 0.6) is 0 Å². The summed E-state index contributed by atoms with van der Waals surface area (Å²) in [6.07, 6.45) is 0.954. The Balaban J connectivity index is 1.72. The van der Waals surface area contributed by atoms with Gasteiger partial charge in [0, 0.05) is 28.8 Å². The van der Waals surface area contributed by atoms with Crippen LogP contribution in [-0.4, -0.2) is 44.3 Å². The fraction of sp³-hybridized carbons (Fsp3) is 0.273. The molecule has 3 aromatic rings. The highest BCUT2D eigenvalue weighted by molar-refractivity contribution is 14.1. The maximum atomic E-state index is 13.6. The Morgan fingerprint density at radius 2 is 1.91 bits per heavy atom. The first-order chi connectivity index (χ1) is 16.5. The van der Waals surface area contributed by atoms with Crippen LogP contribution in [0.4, 0.5) is 14.8 Å². The smallest absolute Gasteiger partial charge is 0.360 e. The van der Waals surface area contributed by atoms with E-state index in [9.17, 15) is 22.0 Å². The number of sulfonamides is 1. The molecular formula is C22H23F2IN4O5S. The summed E-state index contributed by atoms with van der Waals surface area (Å²) < 4.78 is 63.4. The van der Waals surface area contributed by atoms with Gasteiger partial charge in [-0.15, -0.1) is 0 Å². The van der Waals surface area contributed by atoms with Crippen LogP contribution in [0.3, 0.4) is 0 Å². The molecule has 2 aromatic carbocycles. The van der Waals surface area contributed by atoms with Crippen LogP contribution in [-0.2, 0) is 27.7 Å². The van der Waals surface area contributed by atoms with Gasteiger partial charge in [0.1, 0.15) is 24.0 Å². The molecule has 9 nitrogen and oxygen atoms in total. The van der Waals surface area contributed by atoms with Gasteiger partial charge >= 0.3 is 12.0 Å². The number of nitrogens with two attached hydrogens (primary N) is 1. The third-order valence-corrected chi connectivity index (χ3v) is 5.90. The molecule has 35 heavy (non-hydrogen) atoms. The predicted octanol–water partition coefficient (Wildman–Crippen LogP) is 2.81. The van der Waals surface area contributed by atoms with Crippen LogP contribution in [0.1, 0.15) is 21.6 Å². The van der Waals surface area contributed by atoms with Crippen molar-refractivity contribution in [1.29, 1.82) is 0 Å². The van der Waals surface area contributed by atoms with Crippen LogP contribution < -0.4 is 15.8 Å². The van der Waals surface area contributed by atoms with Crippen molar-refractivity contribution >= 4 is 44.6 Å². The maximum absolute atomic E-state index is 13.6. The number of nitrogens with one attached hydrogen (secondary N) is 2. The zero-order valence-electron chi connectivity index (χ0n) is 18.5. The van der Waals surface area contributed by atoms with Crippen molar-refractivity contribution in [2.45, 2.75) is 25.1 Å². The summed E-state index contributed by atoms with van der Waals surface area (Å²) in [4.78, 5) is 16.4. The topological polar surface area (TPSA) is 137 Å². The number of esters is 1. The van der Waals surface area contributed by atoms with Gasteiger partial charge in [0.05, 0.1) is 6.26 Å². The number of hydrogen-bond acceptors (Lipinski definition) is 8. The van der Waals surface area contributed by atoms with Gasteiger partial charge in [0.2, 0.25) is 10.0 Å². The van der Waals surface area contributed by atoms with Crippen molar-refractivity contribution in [3.8, 4) is 0 Å². The van der Waals surface area contributed by atoms with E-state index in [0.29, 0.717) is 12.1 Å². The molecule has 0 spiro atoms. The van der Waals surface area contributed by atoms with Gasteiger partial charge in [0.25, 0.3) is 0 Å². The van der Waals surface area contributed by atoms with E-state index in [1.54, 1.807) is 0 Å². The van der Waals surface area contributed by atoms with E-state index in [4.69, 9.17) is 14.9 Å². The van der Waals surface area contributed by atoms with Gasteiger partial charge < -0.3 is 20.2 Å². The monoisotopic (exact) mass is 620 g/mol. The summed E-state index contributed by atoms with van der Waals surface area (Å²) in [5.74, 6) is -2.39. The van der Waals surface area contributed by atoms with E-state index < -0.39 is 45.8 Å². The van der Waals surface area contributed by atoms with Crippen LogP contribution in [0.2, 0.25) is 0 Å². The summed E-state index contributed by atoms with van der Waals surface area (Å²) >= 11 is 2.19. The molecular weight excluding hydrogens is 597 g/mol. The highest BCUT2D eigenvalue weighted by atomic mass is 127. The number of anilines is 1. The van der Waals surface area contributed by atoms with Gasteiger partial charge in [-0.1, -0.05) is 12.1 Å². The van der Waals surface area contributed by atoms with Crippen molar-refractivity contribution in [2.75, 3.05) is 17.5 Å². The molecule has 2 unspecified atom stereocenters. The van der Waals surface area contributed by atoms with E-state index in [1.165, 1.54) is 0 Å². The number of benzene rings is 2. The molecule has 188 valence electrons. The van der Waals surface area contributed by atoms with Crippen LogP contribution in [0.25, 0.3) is 0 Å². The maximum Gasteiger partial charge on any atom is 0.360 e. The molecule has 1 heterocycles. The van der Waals surface area contributed by atoms with Crippen LogP contribution in [0, 0.1) is 15.2 Å². The van der Waals surface area contributed by atoms with E-state index >= 15 is 0 Å². The molecule has 0 saturated carbocycles. The highest BCUT2D eigenvalue weighted by Crippen LogP contribution is 2.15. The van der Waals surface area contributed by atoms with Crippen molar-refractivity contribution in [3.63, 3.8) is 0 Å². The number of ether oxygens (including phenoxy) is 1. The Kier molecular flexibility index (Phi) is 9.15. The average molecular weight is 620 g/mol. The number of carbonyl (C=O) groups is 1. The van der Waals surface area contributed by atoms with Crippen LogP contribution >= 0.6 is 22.6 Å². The molecule has 0 aliphatic carbocycles. The molecule has 1 aromatic heterocycles. The standard InChI is InChI=1S/C22H23F2IN4O5S/c1-35(31,32)29-22-28-19(12-33-22)21(30)34-20(11-27-10-13-3-2-4-17(25)7-13)18(26)8-14-5-15(23)9-16(24)6-14/h2-7,9,12,18,20,27H,8,10-11,26H2,1H3,(H,28,29). The van der Waals surface area contributed by atoms with Gasteiger partial charge in [-0.2, -0.15) is 4.98 Å². The lowest BCUT2D eigenvalue weighted by molar-refractivity contribution is 0.0231. The highest BCUT2D eigenvalue weighted by Gasteiger charge is 2.25. The predicted molar refractivity (Wildman–Crippen MR) is 133 cm³/mol. The normalized spacial score (nSPS) is 13.3. The van der Waals surface area contributed by atoms with E-state index in [1.807, 2.05) is 29.0 Å². The van der Waals surface area contributed by atoms with Gasteiger partial charge in [-0.25, -0.2) is 26.7 Å². The van der Waals surface area contributed by atoms with Gasteiger partial charge in [0.15, 0.2) is 5.69 Å². The minimum atomic E-state index is -3.66. The third kappa shape index (κ3) is 8.83. The summed E-state index contributed by atoms with van der Waals surface area (Å²) in [6.45, 7) is 0.584. The number of nitrogens with zero attached hydrogens (tertiary/aromatic N) is 1. The van der Waals surface area contributed by atoms with Crippen molar-refractivity contribution < 1.29 is 31.1 Å². The van der Waals surface area contributed by atoms with Crippen molar-refractivity contribution in [2.24, 2.45) is 5.73 Å². The molecule has 0 aliphatic rings. The third-order valence-electron chi connectivity index (χ3n) is 4.68. The molecule has 0 fully saturated rings. The summed E-state index contributed by atoms with van der Waals surface area (Å²) in [7, 11) is -3.66. The molecule has 4 N–H and O–H groups in total. The Labute approximate surface area is 214 Å². The van der Waals surface area contributed by atoms with Gasteiger partial charge in [-0.3, -0.25) is 0 Å². The first-order valence-corrected chi connectivity index (χ1v) is 13.3. The van der Waals surface area contributed by atoms with E-state index in [-0.39, 0.29) is 18.7 Å². The SMILES string of the molecule is CS(=O)(=O)Nc1nc(C(=O)OC(CNCc2cccc(I)c2)C(N)Cc2cc(F)cc(F)c2)co1. The fourth-order valence-electron chi connectivity index (χ4n) is 3.19. The molecule has 3 rings (SSSR count). The van der Waals surface area contributed by atoms with E-state index in [2.05, 4.69) is 32.9 Å². The second kappa shape index (κ2) is 11.9. The second-order valence-corrected chi connectivity index (χ2v) is 10.8. The second-order valence-electron chi connectivity index (χ2n) is 7.76. The first-order valence-electron chi connectivity index (χ1n) is 10.3. The minimum absolute atomic E-state index is 0.0250. The number of hydrogen-bond donors (Lipinski definition) is 3. The lowest BCUT2D eigenvalue weighted by Crippen LogP contribution is -2.46. The molecule has 0 radical (unpaired) electrons. The van der Waals surface area contributed by atoms with Gasteiger partial charge in [-0.05, 0) is 64.4 Å². The lowest BCUT2D eigenvalue weighted by atomic mass is 10.0. The molecule has 13 heteroatoms. The first kappa shape index (κ1) is 27.0.